The van der Waals surface area contributed by atoms with Crippen LogP contribution in [0.5, 0.6) is 0 Å². The first kappa shape index (κ1) is 18.3. The fourth-order valence-corrected chi connectivity index (χ4v) is 4.95. The molecule has 0 spiro atoms. The number of carbonyl (C=O) groups is 1. The summed E-state index contributed by atoms with van der Waals surface area (Å²) in [5.74, 6) is 1.19. The average Bonchev–Trinajstić information content (AvgIpc) is 3.54. The zero-order chi connectivity index (χ0) is 19.8. The van der Waals surface area contributed by atoms with E-state index in [2.05, 4.69) is 15.3 Å². The van der Waals surface area contributed by atoms with Crippen molar-refractivity contribution in [1.29, 1.82) is 0 Å². The lowest BCUT2D eigenvalue weighted by molar-refractivity contribution is 0.0687. The Labute approximate surface area is 175 Å². The van der Waals surface area contributed by atoms with Gasteiger partial charge in [-0.1, -0.05) is 6.07 Å². The molecule has 4 aromatic heterocycles. The maximum absolute atomic E-state index is 13.2. The normalized spacial score (nSPS) is 17.0. The van der Waals surface area contributed by atoms with E-state index in [1.165, 1.54) is 0 Å². The molecule has 7 nitrogen and oxygen atoms in total. The van der Waals surface area contributed by atoms with Crippen molar-refractivity contribution in [2.24, 2.45) is 7.05 Å². The summed E-state index contributed by atoms with van der Waals surface area (Å²) in [7, 11) is 1.82. The number of nitrogens with zero attached hydrogens (tertiary/aromatic N) is 5. The van der Waals surface area contributed by atoms with Crippen LogP contribution in [0.4, 0.5) is 0 Å². The molecule has 5 heterocycles. The van der Waals surface area contributed by atoms with E-state index in [4.69, 9.17) is 4.42 Å². The molecule has 9 heteroatoms. The molecular weight excluding hydrogens is 406 g/mol. The molecule has 1 aliphatic heterocycles. The molecule has 0 aromatic carbocycles. The second-order valence-electron chi connectivity index (χ2n) is 7.06. The number of hydrogen-bond acceptors (Lipinski definition) is 7. The molecule has 0 saturated carbocycles. The summed E-state index contributed by atoms with van der Waals surface area (Å²) < 4.78 is 7.58. The Kier molecular flexibility index (Phi) is 4.76. The SMILES string of the molecule is Cn1nc(-c2cccs2)cc1C(=O)N1CCCC(c2nnc(-c3ccsc3)o2)C1. The van der Waals surface area contributed by atoms with Gasteiger partial charge < -0.3 is 9.32 Å². The van der Waals surface area contributed by atoms with Crippen LogP contribution in [0, 0.1) is 0 Å². The predicted molar refractivity (Wildman–Crippen MR) is 112 cm³/mol. The highest BCUT2D eigenvalue weighted by Crippen LogP contribution is 2.30. The van der Waals surface area contributed by atoms with Crippen molar-refractivity contribution in [1.82, 2.24) is 24.9 Å². The van der Waals surface area contributed by atoms with Gasteiger partial charge in [-0.05, 0) is 41.8 Å². The highest BCUT2D eigenvalue weighted by atomic mass is 32.1. The van der Waals surface area contributed by atoms with Crippen LogP contribution in [0.2, 0.25) is 0 Å². The Bertz CT molecular complexity index is 1110. The molecule has 1 unspecified atom stereocenters. The summed E-state index contributed by atoms with van der Waals surface area (Å²) in [6.07, 6.45) is 1.84. The van der Waals surface area contributed by atoms with Crippen LogP contribution >= 0.6 is 22.7 Å². The van der Waals surface area contributed by atoms with Gasteiger partial charge in [-0.25, -0.2) is 0 Å². The number of likely N-dealkylation sites (tertiary alicyclic amines) is 1. The summed E-state index contributed by atoms with van der Waals surface area (Å²) in [4.78, 5) is 16.1. The van der Waals surface area contributed by atoms with Gasteiger partial charge in [0.15, 0.2) is 0 Å². The van der Waals surface area contributed by atoms with Gasteiger partial charge in [-0.3, -0.25) is 9.48 Å². The van der Waals surface area contributed by atoms with Crippen molar-refractivity contribution in [2.45, 2.75) is 18.8 Å². The second kappa shape index (κ2) is 7.57. The standard InChI is InChI=1S/C20H19N5O2S2/c1-24-16(10-15(23-24)17-5-3-8-29-17)20(26)25-7-2-4-13(11-25)18-21-22-19(27-18)14-6-9-28-12-14/h3,5-6,8-10,12-13H,2,4,7,11H2,1H3. The molecule has 4 aromatic rings. The van der Waals surface area contributed by atoms with Crippen LogP contribution in [-0.2, 0) is 7.05 Å². The molecule has 1 atom stereocenters. The van der Waals surface area contributed by atoms with Gasteiger partial charge in [-0.15, -0.1) is 21.5 Å². The lowest BCUT2D eigenvalue weighted by Crippen LogP contribution is -2.40. The van der Waals surface area contributed by atoms with Crippen molar-refractivity contribution in [2.75, 3.05) is 13.1 Å². The minimum atomic E-state index is -0.00919. The van der Waals surface area contributed by atoms with E-state index in [1.54, 1.807) is 27.4 Å². The first-order valence-corrected chi connectivity index (χ1v) is 11.2. The minimum absolute atomic E-state index is 0.00919. The van der Waals surface area contributed by atoms with E-state index >= 15 is 0 Å². The van der Waals surface area contributed by atoms with E-state index in [9.17, 15) is 4.79 Å². The number of aryl methyl sites for hydroxylation is 1. The van der Waals surface area contributed by atoms with Crippen LogP contribution < -0.4 is 0 Å². The van der Waals surface area contributed by atoms with E-state index in [-0.39, 0.29) is 11.8 Å². The molecule has 0 radical (unpaired) electrons. The highest BCUT2D eigenvalue weighted by Gasteiger charge is 2.30. The summed E-state index contributed by atoms with van der Waals surface area (Å²) in [6.45, 7) is 1.30. The molecule has 1 amide bonds. The van der Waals surface area contributed by atoms with Gasteiger partial charge in [0.1, 0.15) is 11.4 Å². The van der Waals surface area contributed by atoms with Crippen molar-refractivity contribution in [3.05, 3.63) is 52.0 Å². The van der Waals surface area contributed by atoms with Gasteiger partial charge in [0.2, 0.25) is 11.8 Å². The van der Waals surface area contributed by atoms with E-state index in [1.807, 2.05) is 52.4 Å². The van der Waals surface area contributed by atoms with Crippen LogP contribution in [-0.4, -0.2) is 43.9 Å². The Morgan fingerprint density at radius 1 is 1.28 bits per heavy atom. The number of hydrogen-bond donors (Lipinski definition) is 0. The third-order valence-corrected chi connectivity index (χ3v) is 6.71. The number of carbonyl (C=O) groups excluding carboxylic acids is 1. The van der Waals surface area contributed by atoms with Crippen molar-refractivity contribution >= 4 is 28.6 Å². The molecule has 1 aliphatic rings. The summed E-state index contributed by atoms with van der Waals surface area (Å²) >= 11 is 3.21. The molecule has 1 saturated heterocycles. The summed E-state index contributed by atoms with van der Waals surface area (Å²) in [5.41, 5.74) is 2.36. The fourth-order valence-electron chi connectivity index (χ4n) is 3.64. The first-order valence-electron chi connectivity index (χ1n) is 9.42. The highest BCUT2D eigenvalue weighted by molar-refractivity contribution is 7.13. The van der Waals surface area contributed by atoms with Gasteiger partial charge in [-0.2, -0.15) is 16.4 Å². The van der Waals surface area contributed by atoms with Crippen LogP contribution in [0.15, 0.2) is 44.8 Å². The maximum Gasteiger partial charge on any atom is 0.272 e. The number of rotatable bonds is 4. The molecule has 0 bridgehead atoms. The predicted octanol–water partition coefficient (Wildman–Crippen LogP) is 4.28. The Balaban J connectivity index is 1.34. The first-order chi connectivity index (χ1) is 14.2. The average molecular weight is 426 g/mol. The number of thiophene rings is 2. The van der Waals surface area contributed by atoms with Crippen molar-refractivity contribution in [3.8, 4) is 22.0 Å². The monoisotopic (exact) mass is 425 g/mol. The van der Waals surface area contributed by atoms with Gasteiger partial charge in [0.25, 0.3) is 5.91 Å². The largest absolute Gasteiger partial charge is 0.420 e. The fraction of sp³-hybridized carbons (Fsp3) is 0.300. The van der Waals surface area contributed by atoms with Crippen molar-refractivity contribution < 1.29 is 9.21 Å². The zero-order valence-electron chi connectivity index (χ0n) is 15.8. The molecule has 5 rings (SSSR count). The lowest BCUT2D eigenvalue weighted by Gasteiger charge is -2.31. The van der Waals surface area contributed by atoms with Gasteiger partial charge in [0.05, 0.1) is 10.8 Å². The summed E-state index contributed by atoms with van der Waals surface area (Å²) in [5, 5.41) is 18.9. The molecule has 0 aliphatic carbocycles. The molecule has 1 fully saturated rings. The molecule has 0 N–H and O–H groups in total. The number of piperidine rings is 1. The van der Waals surface area contributed by atoms with Gasteiger partial charge >= 0.3 is 0 Å². The van der Waals surface area contributed by atoms with Crippen LogP contribution in [0.1, 0.15) is 35.1 Å². The number of aromatic nitrogens is 4. The Hall–Kier alpha value is -2.78. The van der Waals surface area contributed by atoms with Gasteiger partial charge in [0, 0.05) is 31.1 Å². The van der Waals surface area contributed by atoms with Crippen LogP contribution in [0.3, 0.4) is 0 Å². The van der Waals surface area contributed by atoms with Crippen LogP contribution in [0.25, 0.3) is 22.0 Å². The van der Waals surface area contributed by atoms with E-state index in [0.717, 1.165) is 35.5 Å². The molecule has 148 valence electrons. The van der Waals surface area contributed by atoms with E-state index in [0.29, 0.717) is 24.0 Å². The number of amides is 1. The molecular formula is C20H19N5O2S2. The summed E-state index contributed by atoms with van der Waals surface area (Å²) in [6, 6.07) is 7.84. The second-order valence-corrected chi connectivity index (χ2v) is 8.79. The maximum atomic E-state index is 13.2. The Morgan fingerprint density at radius 3 is 3.00 bits per heavy atom. The lowest BCUT2D eigenvalue weighted by atomic mass is 9.97. The topological polar surface area (TPSA) is 77.1 Å². The van der Waals surface area contributed by atoms with Crippen molar-refractivity contribution in [3.63, 3.8) is 0 Å². The minimum Gasteiger partial charge on any atom is -0.420 e. The van der Waals surface area contributed by atoms with E-state index < -0.39 is 0 Å². The third kappa shape index (κ3) is 3.51. The smallest absolute Gasteiger partial charge is 0.272 e. The zero-order valence-corrected chi connectivity index (χ0v) is 17.4. The third-order valence-electron chi connectivity index (χ3n) is 5.14. The molecule has 29 heavy (non-hydrogen) atoms. The quantitative estimate of drug-likeness (QED) is 0.488. The Morgan fingerprint density at radius 2 is 2.21 bits per heavy atom.